The summed E-state index contributed by atoms with van der Waals surface area (Å²) in [6.45, 7) is 1.81. The van der Waals surface area contributed by atoms with Crippen molar-refractivity contribution in [1.82, 2.24) is 19.5 Å². The lowest BCUT2D eigenvalue weighted by Crippen LogP contribution is -2.28. The average molecular weight is 249 g/mol. The lowest BCUT2D eigenvalue weighted by Gasteiger charge is -2.06. The molecule has 8 nitrogen and oxygen atoms in total. The lowest BCUT2D eigenvalue weighted by atomic mass is 10.4. The number of esters is 1. The molecule has 94 valence electrons. The number of carbonyl (C=O) groups is 1. The number of hydrogen-bond acceptors (Lipinski definition) is 7. The van der Waals surface area contributed by atoms with Crippen LogP contribution in [0.3, 0.4) is 0 Å². The molecule has 0 fully saturated rings. The zero-order chi connectivity index (χ0) is 13.3. The molecule has 2 aromatic heterocycles. The van der Waals surface area contributed by atoms with Crippen LogP contribution < -0.4 is 11.3 Å². The fourth-order valence-corrected chi connectivity index (χ4v) is 1.46. The monoisotopic (exact) mass is 249 g/mol. The molecule has 0 saturated heterocycles. The molecule has 8 heteroatoms. The van der Waals surface area contributed by atoms with Gasteiger partial charge in [-0.2, -0.15) is 4.98 Å². The first-order valence-electron chi connectivity index (χ1n) is 5.21. The third-order valence-electron chi connectivity index (χ3n) is 2.29. The Labute approximate surface area is 101 Å². The van der Waals surface area contributed by atoms with Crippen LogP contribution in [0.5, 0.6) is 0 Å². The highest BCUT2D eigenvalue weighted by Gasteiger charge is 2.17. The molecular weight excluding hydrogens is 238 g/mol. The van der Waals surface area contributed by atoms with Crippen molar-refractivity contribution in [2.75, 3.05) is 12.3 Å². The Balaban J connectivity index is 2.72. The summed E-state index contributed by atoms with van der Waals surface area (Å²) in [5, 5.41) is 0. The van der Waals surface area contributed by atoms with Gasteiger partial charge in [0, 0.05) is 7.05 Å². The van der Waals surface area contributed by atoms with Gasteiger partial charge in [0.1, 0.15) is 5.52 Å². The van der Waals surface area contributed by atoms with Crippen molar-refractivity contribution < 1.29 is 9.53 Å². The first kappa shape index (κ1) is 12.0. The highest BCUT2D eigenvalue weighted by molar-refractivity contribution is 5.89. The van der Waals surface area contributed by atoms with Gasteiger partial charge in [-0.05, 0) is 6.92 Å². The molecule has 0 radical (unpaired) electrons. The third-order valence-corrected chi connectivity index (χ3v) is 2.29. The topological polar surface area (TPSA) is 113 Å². The SMILES string of the molecule is CCOC(=O)c1nc2cnc(N)nc2n(C)c1=O. The van der Waals surface area contributed by atoms with Gasteiger partial charge in [-0.1, -0.05) is 0 Å². The minimum Gasteiger partial charge on any atom is -0.461 e. The van der Waals surface area contributed by atoms with E-state index in [0.717, 1.165) is 0 Å². The summed E-state index contributed by atoms with van der Waals surface area (Å²) >= 11 is 0. The molecular formula is C10H11N5O3. The average Bonchev–Trinajstić information content (AvgIpc) is 2.34. The molecule has 2 N–H and O–H groups in total. The molecule has 18 heavy (non-hydrogen) atoms. The van der Waals surface area contributed by atoms with Crippen LogP contribution >= 0.6 is 0 Å². The number of anilines is 1. The number of ether oxygens (including phenoxy) is 1. The van der Waals surface area contributed by atoms with Crippen LogP contribution in [0, 0.1) is 0 Å². The van der Waals surface area contributed by atoms with E-state index in [0.29, 0.717) is 5.52 Å². The highest BCUT2D eigenvalue weighted by atomic mass is 16.5. The third kappa shape index (κ3) is 1.88. The molecule has 0 amide bonds. The van der Waals surface area contributed by atoms with Gasteiger partial charge in [-0.25, -0.2) is 14.8 Å². The van der Waals surface area contributed by atoms with E-state index >= 15 is 0 Å². The largest absolute Gasteiger partial charge is 0.461 e. The summed E-state index contributed by atoms with van der Waals surface area (Å²) in [6, 6.07) is 0. The molecule has 0 bridgehead atoms. The Morgan fingerprint density at radius 2 is 2.22 bits per heavy atom. The number of aromatic nitrogens is 4. The van der Waals surface area contributed by atoms with E-state index in [9.17, 15) is 9.59 Å². The van der Waals surface area contributed by atoms with Crippen LogP contribution in [0.25, 0.3) is 11.2 Å². The zero-order valence-corrected chi connectivity index (χ0v) is 9.88. The van der Waals surface area contributed by atoms with Crippen LogP contribution in [0.15, 0.2) is 11.0 Å². The second-order valence-electron chi connectivity index (χ2n) is 3.48. The van der Waals surface area contributed by atoms with E-state index in [2.05, 4.69) is 15.0 Å². The van der Waals surface area contributed by atoms with Crippen molar-refractivity contribution in [3.8, 4) is 0 Å². The first-order valence-corrected chi connectivity index (χ1v) is 5.21. The predicted molar refractivity (Wildman–Crippen MR) is 62.9 cm³/mol. The van der Waals surface area contributed by atoms with Crippen LogP contribution in [0.2, 0.25) is 0 Å². The maximum Gasteiger partial charge on any atom is 0.362 e. The quantitative estimate of drug-likeness (QED) is 0.712. The number of nitrogen functional groups attached to an aromatic ring is 1. The van der Waals surface area contributed by atoms with Gasteiger partial charge in [0.15, 0.2) is 5.65 Å². The number of nitrogens with zero attached hydrogens (tertiary/aromatic N) is 4. The fourth-order valence-electron chi connectivity index (χ4n) is 1.46. The molecule has 0 aromatic carbocycles. The van der Waals surface area contributed by atoms with Crippen molar-refractivity contribution in [1.29, 1.82) is 0 Å². The van der Waals surface area contributed by atoms with Gasteiger partial charge < -0.3 is 10.5 Å². The highest BCUT2D eigenvalue weighted by Crippen LogP contribution is 2.07. The number of nitrogens with two attached hydrogens (primary N) is 1. The van der Waals surface area contributed by atoms with Gasteiger partial charge in [0.25, 0.3) is 5.56 Å². The summed E-state index contributed by atoms with van der Waals surface area (Å²) < 4.78 is 5.94. The molecule has 0 saturated carbocycles. The summed E-state index contributed by atoms with van der Waals surface area (Å²) in [4.78, 5) is 35.0. The van der Waals surface area contributed by atoms with Crippen molar-refractivity contribution in [3.05, 3.63) is 22.2 Å². The molecule has 0 unspecified atom stereocenters. The van der Waals surface area contributed by atoms with Gasteiger partial charge in [-0.3, -0.25) is 9.36 Å². The Kier molecular flexibility index (Phi) is 2.92. The van der Waals surface area contributed by atoms with E-state index in [1.54, 1.807) is 6.92 Å². The molecule has 2 aromatic rings. The normalized spacial score (nSPS) is 10.6. The number of hydrogen-bond donors (Lipinski definition) is 1. The molecule has 0 aliphatic carbocycles. The first-order chi connectivity index (χ1) is 8.54. The maximum atomic E-state index is 11.9. The molecule has 0 spiro atoms. The number of fused-ring (bicyclic) bond motifs is 1. The molecule has 0 atom stereocenters. The Hall–Kier alpha value is -2.51. The summed E-state index contributed by atoms with van der Waals surface area (Å²) in [5.41, 5.74) is 5.12. The van der Waals surface area contributed by atoms with Crippen LogP contribution in [0.1, 0.15) is 17.4 Å². The van der Waals surface area contributed by atoms with E-state index in [1.165, 1.54) is 17.8 Å². The van der Waals surface area contributed by atoms with Gasteiger partial charge >= 0.3 is 5.97 Å². The lowest BCUT2D eigenvalue weighted by molar-refractivity contribution is 0.0517. The maximum absolute atomic E-state index is 11.9. The Bertz CT molecular complexity index is 679. The number of rotatable bonds is 2. The molecule has 2 heterocycles. The van der Waals surface area contributed by atoms with Crippen molar-refractivity contribution >= 4 is 23.1 Å². The molecule has 2 rings (SSSR count). The van der Waals surface area contributed by atoms with E-state index in [4.69, 9.17) is 10.5 Å². The van der Waals surface area contributed by atoms with Crippen molar-refractivity contribution in [2.45, 2.75) is 6.92 Å². The van der Waals surface area contributed by atoms with Crippen LogP contribution in [0.4, 0.5) is 5.95 Å². The second-order valence-corrected chi connectivity index (χ2v) is 3.48. The standard InChI is InChI=1S/C10H11N5O3/c1-3-18-9(17)6-8(16)15(2)7-5(13-6)4-12-10(11)14-7/h4H,3H2,1-2H3,(H2,11,12,14). The van der Waals surface area contributed by atoms with Gasteiger partial charge in [0.05, 0.1) is 12.8 Å². The predicted octanol–water partition coefficient (Wildman–Crippen LogP) is -0.518. The van der Waals surface area contributed by atoms with Crippen molar-refractivity contribution in [2.24, 2.45) is 7.05 Å². The van der Waals surface area contributed by atoms with Crippen LogP contribution in [-0.4, -0.2) is 32.1 Å². The summed E-state index contributed by atoms with van der Waals surface area (Å²) in [7, 11) is 1.47. The zero-order valence-electron chi connectivity index (χ0n) is 9.88. The molecule has 0 aliphatic heterocycles. The Morgan fingerprint density at radius 3 is 2.89 bits per heavy atom. The summed E-state index contributed by atoms with van der Waals surface area (Å²) in [5.74, 6) is -0.736. The second kappa shape index (κ2) is 4.40. The van der Waals surface area contributed by atoms with Gasteiger partial charge in [-0.15, -0.1) is 0 Å². The van der Waals surface area contributed by atoms with E-state index < -0.39 is 11.5 Å². The smallest absolute Gasteiger partial charge is 0.362 e. The number of carbonyl (C=O) groups excluding carboxylic acids is 1. The van der Waals surface area contributed by atoms with Crippen molar-refractivity contribution in [3.63, 3.8) is 0 Å². The number of aryl methyl sites for hydroxylation is 1. The minimum atomic E-state index is -0.767. The summed E-state index contributed by atoms with van der Waals surface area (Å²) in [6.07, 6.45) is 1.35. The van der Waals surface area contributed by atoms with E-state index in [-0.39, 0.29) is 23.9 Å². The van der Waals surface area contributed by atoms with Crippen LogP contribution in [-0.2, 0) is 11.8 Å². The Morgan fingerprint density at radius 1 is 1.50 bits per heavy atom. The fraction of sp³-hybridized carbons (Fsp3) is 0.300. The molecule has 0 aliphatic rings. The minimum absolute atomic E-state index is 0.0307. The van der Waals surface area contributed by atoms with Gasteiger partial charge in [0.2, 0.25) is 11.6 Å². The van der Waals surface area contributed by atoms with E-state index in [1.807, 2.05) is 0 Å².